The molecule has 2 N–H and O–H groups in total. The fourth-order valence-electron chi connectivity index (χ4n) is 1.37. The summed E-state index contributed by atoms with van der Waals surface area (Å²) in [4.78, 5) is 0. The molecule has 0 aromatic heterocycles. The van der Waals surface area contributed by atoms with Crippen LogP contribution in [0.2, 0.25) is 0 Å². The maximum Gasteiger partial charge on any atom is 0.0831 e. The molecule has 0 fully saturated rings. The molecule has 0 bridgehead atoms. The highest BCUT2D eigenvalue weighted by atomic mass is 16.3. The van der Waals surface area contributed by atoms with Gasteiger partial charge in [0.25, 0.3) is 0 Å². The van der Waals surface area contributed by atoms with Crippen molar-refractivity contribution in [1.82, 2.24) is 0 Å². The second-order valence-corrected chi connectivity index (χ2v) is 5.35. The van der Waals surface area contributed by atoms with Crippen LogP contribution in [0, 0.1) is 0 Å². The molecule has 0 aromatic carbocycles. The fraction of sp³-hybridized carbons (Fsp3) is 0.600. The quantitative estimate of drug-likeness (QED) is 0.668. The summed E-state index contributed by atoms with van der Waals surface area (Å²) < 4.78 is 0. The monoisotopic (exact) mass is 238 g/mol. The Kier molecular flexibility index (Phi) is 6.43. The zero-order chi connectivity index (χ0) is 13.5. The van der Waals surface area contributed by atoms with E-state index in [9.17, 15) is 10.2 Å². The van der Waals surface area contributed by atoms with E-state index in [1.807, 2.05) is 19.9 Å². The van der Waals surface area contributed by atoms with Gasteiger partial charge in [-0.3, -0.25) is 0 Å². The molecule has 0 saturated heterocycles. The molecule has 0 aliphatic heterocycles. The van der Waals surface area contributed by atoms with E-state index in [1.54, 1.807) is 19.9 Å². The van der Waals surface area contributed by atoms with Crippen molar-refractivity contribution in [3.8, 4) is 0 Å². The van der Waals surface area contributed by atoms with Crippen LogP contribution in [0.1, 0.15) is 47.0 Å². The summed E-state index contributed by atoms with van der Waals surface area (Å²) in [7, 11) is 0. The summed E-state index contributed by atoms with van der Waals surface area (Å²) in [6.07, 6.45) is 9.20. The Labute approximate surface area is 105 Å². The van der Waals surface area contributed by atoms with E-state index in [0.29, 0.717) is 12.8 Å². The first-order valence-electron chi connectivity index (χ1n) is 6.08. The molecular formula is C15H26O2. The topological polar surface area (TPSA) is 40.5 Å². The second-order valence-electron chi connectivity index (χ2n) is 5.35. The van der Waals surface area contributed by atoms with E-state index in [1.165, 1.54) is 11.6 Å². The lowest BCUT2D eigenvalue weighted by atomic mass is 9.96. The first kappa shape index (κ1) is 16.1. The van der Waals surface area contributed by atoms with Crippen LogP contribution in [-0.2, 0) is 0 Å². The van der Waals surface area contributed by atoms with Crippen molar-refractivity contribution in [2.75, 3.05) is 0 Å². The Balaban J connectivity index is 4.20. The zero-order valence-electron chi connectivity index (χ0n) is 11.5. The molecule has 0 spiro atoms. The molecule has 2 unspecified atom stereocenters. The normalized spacial score (nSPS) is 18.5. The van der Waals surface area contributed by atoms with Gasteiger partial charge in [0, 0.05) is 0 Å². The Morgan fingerprint density at radius 3 is 2.24 bits per heavy atom. The molecule has 0 saturated carbocycles. The van der Waals surface area contributed by atoms with Crippen molar-refractivity contribution in [3.05, 3.63) is 36.5 Å². The predicted molar refractivity (Wildman–Crippen MR) is 73.9 cm³/mol. The molecule has 0 amide bonds. The molecule has 0 radical (unpaired) electrons. The third kappa shape index (κ3) is 8.90. The average molecular weight is 238 g/mol. The van der Waals surface area contributed by atoms with Crippen LogP contribution in [0.4, 0.5) is 0 Å². The highest BCUT2D eigenvalue weighted by Crippen LogP contribution is 2.17. The largest absolute Gasteiger partial charge is 0.386 e. The van der Waals surface area contributed by atoms with Crippen LogP contribution in [0.15, 0.2) is 36.5 Å². The van der Waals surface area contributed by atoms with Gasteiger partial charge in [-0.05, 0) is 47.0 Å². The molecule has 0 aliphatic carbocycles. The van der Waals surface area contributed by atoms with Gasteiger partial charge in [0.2, 0.25) is 0 Å². The lowest BCUT2D eigenvalue weighted by Gasteiger charge is -2.20. The van der Waals surface area contributed by atoms with E-state index >= 15 is 0 Å². The molecule has 0 aliphatic rings. The molecule has 98 valence electrons. The lowest BCUT2D eigenvalue weighted by molar-refractivity contribution is 0.0989. The van der Waals surface area contributed by atoms with E-state index in [-0.39, 0.29) is 0 Å². The van der Waals surface area contributed by atoms with Gasteiger partial charge in [-0.25, -0.2) is 0 Å². The molecular weight excluding hydrogens is 212 g/mol. The lowest BCUT2D eigenvalue weighted by Crippen LogP contribution is -2.22. The summed E-state index contributed by atoms with van der Waals surface area (Å²) >= 11 is 0. The smallest absolute Gasteiger partial charge is 0.0831 e. The van der Waals surface area contributed by atoms with Crippen LogP contribution >= 0.6 is 0 Å². The van der Waals surface area contributed by atoms with E-state index in [4.69, 9.17) is 0 Å². The maximum atomic E-state index is 10.1. The minimum atomic E-state index is -0.896. The number of rotatable bonds is 7. The number of hydrogen-bond acceptors (Lipinski definition) is 2. The number of hydrogen-bond donors (Lipinski definition) is 2. The molecule has 0 heterocycles. The van der Waals surface area contributed by atoms with Crippen LogP contribution in [-0.4, -0.2) is 21.4 Å². The zero-order valence-corrected chi connectivity index (χ0v) is 11.5. The minimum Gasteiger partial charge on any atom is -0.386 e. The van der Waals surface area contributed by atoms with Crippen molar-refractivity contribution in [1.29, 1.82) is 0 Å². The number of aliphatic hydroxyl groups is 2. The Morgan fingerprint density at radius 2 is 1.76 bits per heavy atom. The molecule has 17 heavy (non-hydrogen) atoms. The minimum absolute atomic E-state index is 0.468. The molecule has 2 nitrogen and oxygen atoms in total. The van der Waals surface area contributed by atoms with Gasteiger partial charge in [0.15, 0.2) is 0 Å². The summed E-state index contributed by atoms with van der Waals surface area (Å²) in [6, 6.07) is 0. The van der Waals surface area contributed by atoms with Gasteiger partial charge in [0.05, 0.1) is 11.2 Å². The van der Waals surface area contributed by atoms with Gasteiger partial charge in [0.1, 0.15) is 0 Å². The summed E-state index contributed by atoms with van der Waals surface area (Å²) in [5, 5.41) is 19.8. The first-order valence-corrected chi connectivity index (χ1v) is 6.08. The molecule has 2 atom stereocenters. The van der Waals surface area contributed by atoms with Gasteiger partial charge in [-0.1, -0.05) is 29.9 Å². The van der Waals surface area contributed by atoms with E-state index in [0.717, 1.165) is 6.42 Å². The average Bonchev–Trinajstić information content (AvgIpc) is 2.16. The summed E-state index contributed by atoms with van der Waals surface area (Å²) in [5.41, 5.74) is -0.449. The Hall–Kier alpha value is -0.860. The second kappa shape index (κ2) is 6.77. The van der Waals surface area contributed by atoms with Crippen molar-refractivity contribution < 1.29 is 10.2 Å². The standard InChI is InChI=1S/C15H26O2/c1-6-14(4,16)11-8-12-15(5,17)10-7-9-13(2)3/h6,8-9,12,16-17H,1,7,10-11H2,2-5H3. The predicted octanol–water partition coefficient (Wildman–Crippen LogP) is 3.37. The molecule has 2 heteroatoms. The van der Waals surface area contributed by atoms with Crippen molar-refractivity contribution in [3.63, 3.8) is 0 Å². The van der Waals surface area contributed by atoms with Gasteiger partial charge in [-0.15, -0.1) is 6.58 Å². The first-order chi connectivity index (χ1) is 7.68. The highest BCUT2D eigenvalue weighted by molar-refractivity contribution is 5.05. The van der Waals surface area contributed by atoms with Gasteiger partial charge in [-0.2, -0.15) is 0 Å². The van der Waals surface area contributed by atoms with Gasteiger partial charge >= 0.3 is 0 Å². The maximum absolute atomic E-state index is 10.1. The summed E-state index contributed by atoms with van der Waals surface area (Å²) in [6.45, 7) is 11.1. The van der Waals surface area contributed by atoms with Gasteiger partial charge < -0.3 is 10.2 Å². The fourth-order valence-corrected chi connectivity index (χ4v) is 1.37. The van der Waals surface area contributed by atoms with Crippen molar-refractivity contribution >= 4 is 0 Å². The van der Waals surface area contributed by atoms with Crippen LogP contribution < -0.4 is 0 Å². The highest BCUT2D eigenvalue weighted by Gasteiger charge is 2.17. The van der Waals surface area contributed by atoms with Crippen molar-refractivity contribution in [2.24, 2.45) is 0 Å². The third-order valence-corrected chi connectivity index (χ3v) is 2.65. The van der Waals surface area contributed by atoms with E-state index < -0.39 is 11.2 Å². The van der Waals surface area contributed by atoms with Crippen molar-refractivity contribution in [2.45, 2.75) is 58.2 Å². The van der Waals surface area contributed by atoms with Crippen LogP contribution in [0.5, 0.6) is 0 Å². The van der Waals surface area contributed by atoms with E-state index in [2.05, 4.69) is 12.7 Å². The SMILES string of the molecule is C=CC(C)(O)CC=CC(C)(O)CCC=C(C)C. The Morgan fingerprint density at radius 1 is 1.18 bits per heavy atom. The molecule has 0 aromatic rings. The molecule has 0 rings (SSSR count). The van der Waals surface area contributed by atoms with Crippen LogP contribution in [0.3, 0.4) is 0 Å². The number of allylic oxidation sites excluding steroid dienone is 2. The van der Waals surface area contributed by atoms with Crippen LogP contribution in [0.25, 0.3) is 0 Å². The Bertz CT molecular complexity index is 292. The third-order valence-electron chi connectivity index (χ3n) is 2.65. The summed E-state index contributed by atoms with van der Waals surface area (Å²) in [5.74, 6) is 0.